The van der Waals surface area contributed by atoms with Crippen LogP contribution in [0.4, 0.5) is 0 Å². The number of aromatic nitrogens is 3. The summed E-state index contributed by atoms with van der Waals surface area (Å²) in [6.45, 7) is 6.20. The van der Waals surface area contributed by atoms with Crippen LogP contribution in [0.3, 0.4) is 0 Å². The van der Waals surface area contributed by atoms with E-state index in [-0.39, 0.29) is 0 Å². The van der Waals surface area contributed by atoms with Crippen LogP contribution in [-0.2, 0) is 13.1 Å². The smallest absolute Gasteiger partial charge is 0.146 e. The van der Waals surface area contributed by atoms with Gasteiger partial charge in [-0.1, -0.05) is 0 Å². The molecule has 1 saturated heterocycles. The van der Waals surface area contributed by atoms with Crippen LogP contribution >= 0.6 is 0 Å². The number of rotatable bonds is 4. The van der Waals surface area contributed by atoms with Crippen molar-refractivity contribution < 1.29 is 0 Å². The second-order valence-corrected chi connectivity index (χ2v) is 4.16. The third kappa shape index (κ3) is 2.54. The van der Waals surface area contributed by atoms with Crippen molar-refractivity contribution in [2.75, 3.05) is 20.1 Å². The first-order valence-corrected chi connectivity index (χ1v) is 5.58. The van der Waals surface area contributed by atoms with Crippen molar-refractivity contribution in [1.82, 2.24) is 25.0 Å². The molecule has 5 heteroatoms. The lowest BCUT2D eigenvalue weighted by molar-refractivity contribution is 0.395. The summed E-state index contributed by atoms with van der Waals surface area (Å²) in [6, 6.07) is 0.608. The van der Waals surface area contributed by atoms with E-state index in [4.69, 9.17) is 0 Å². The lowest BCUT2D eigenvalue weighted by Crippen LogP contribution is -2.31. The van der Waals surface area contributed by atoms with Gasteiger partial charge < -0.3 is 14.8 Å². The SMILES string of the molecule is CCn1cnnc1CNC1CCN(C)C1. The molecule has 1 fully saturated rings. The maximum absolute atomic E-state index is 4.10. The van der Waals surface area contributed by atoms with E-state index >= 15 is 0 Å². The maximum atomic E-state index is 4.10. The number of nitrogens with one attached hydrogen (secondary N) is 1. The van der Waals surface area contributed by atoms with Gasteiger partial charge in [0.1, 0.15) is 12.2 Å². The summed E-state index contributed by atoms with van der Waals surface area (Å²) < 4.78 is 2.08. The third-order valence-corrected chi connectivity index (χ3v) is 2.98. The summed E-state index contributed by atoms with van der Waals surface area (Å²) in [5.41, 5.74) is 0. The molecule has 0 aromatic carbocycles. The molecule has 2 rings (SSSR count). The first-order valence-electron chi connectivity index (χ1n) is 5.58. The molecule has 1 unspecified atom stereocenters. The van der Waals surface area contributed by atoms with Crippen molar-refractivity contribution in [3.8, 4) is 0 Å². The Kier molecular flexibility index (Phi) is 3.33. The van der Waals surface area contributed by atoms with Crippen LogP contribution in [0, 0.1) is 0 Å². The maximum Gasteiger partial charge on any atom is 0.146 e. The number of likely N-dealkylation sites (N-methyl/N-ethyl adjacent to an activating group) is 1. The summed E-state index contributed by atoms with van der Waals surface area (Å²) >= 11 is 0. The lowest BCUT2D eigenvalue weighted by Gasteiger charge is -2.12. The molecule has 1 aromatic heterocycles. The van der Waals surface area contributed by atoms with E-state index < -0.39 is 0 Å². The Morgan fingerprint density at radius 1 is 1.60 bits per heavy atom. The highest BCUT2D eigenvalue weighted by molar-refractivity contribution is 4.87. The Hall–Kier alpha value is -0.940. The molecule has 5 nitrogen and oxygen atoms in total. The van der Waals surface area contributed by atoms with Gasteiger partial charge in [0.05, 0.1) is 6.54 Å². The molecule has 1 aliphatic heterocycles. The van der Waals surface area contributed by atoms with Gasteiger partial charge in [-0.3, -0.25) is 0 Å². The minimum atomic E-state index is 0.608. The number of aryl methyl sites for hydroxylation is 1. The predicted octanol–water partition coefficient (Wildman–Crippen LogP) is 0.0917. The van der Waals surface area contributed by atoms with E-state index in [9.17, 15) is 0 Å². The Morgan fingerprint density at radius 2 is 2.47 bits per heavy atom. The van der Waals surface area contributed by atoms with Crippen LogP contribution in [0.5, 0.6) is 0 Å². The normalized spacial score (nSPS) is 22.4. The van der Waals surface area contributed by atoms with E-state index in [2.05, 4.69) is 39.0 Å². The largest absolute Gasteiger partial charge is 0.317 e. The molecule has 1 aliphatic rings. The third-order valence-electron chi connectivity index (χ3n) is 2.98. The van der Waals surface area contributed by atoms with Crippen LogP contribution in [-0.4, -0.2) is 45.8 Å². The number of hydrogen-bond donors (Lipinski definition) is 1. The Labute approximate surface area is 90.5 Å². The molecule has 15 heavy (non-hydrogen) atoms. The van der Waals surface area contributed by atoms with E-state index in [1.807, 2.05) is 0 Å². The second kappa shape index (κ2) is 4.72. The molecule has 1 N–H and O–H groups in total. The van der Waals surface area contributed by atoms with Crippen molar-refractivity contribution in [3.63, 3.8) is 0 Å². The molecule has 0 amide bonds. The van der Waals surface area contributed by atoms with Crippen molar-refractivity contribution >= 4 is 0 Å². The standard InChI is InChI=1S/C10H19N5/c1-3-15-8-12-13-10(15)6-11-9-4-5-14(2)7-9/h8-9,11H,3-7H2,1-2H3. The predicted molar refractivity (Wildman–Crippen MR) is 58.4 cm³/mol. The number of nitrogens with zero attached hydrogens (tertiary/aromatic N) is 4. The van der Waals surface area contributed by atoms with Gasteiger partial charge in [0.15, 0.2) is 0 Å². The van der Waals surface area contributed by atoms with Crippen molar-refractivity contribution in [3.05, 3.63) is 12.2 Å². The van der Waals surface area contributed by atoms with Gasteiger partial charge in [0.25, 0.3) is 0 Å². The van der Waals surface area contributed by atoms with Gasteiger partial charge in [-0.2, -0.15) is 0 Å². The quantitative estimate of drug-likeness (QED) is 0.763. The van der Waals surface area contributed by atoms with Gasteiger partial charge in [-0.05, 0) is 26.9 Å². The average Bonchev–Trinajstić information content (AvgIpc) is 2.83. The fraction of sp³-hybridized carbons (Fsp3) is 0.800. The van der Waals surface area contributed by atoms with E-state index in [0.717, 1.165) is 25.5 Å². The number of hydrogen-bond acceptors (Lipinski definition) is 4. The monoisotopic (exact) mass is 209 g/mol. The summed E-state index contributed by atoms with van der Waals surface area (Å²) in [5, 5.41) is 11.5. The van der Waals surface area contributed by atoms with Crippen molar-refractivity contribution in [2.24, 2.45) is 0 Å². The highest BCUT2D eigenvalue weighted by Crippen LogP contribution is 2.06. The number of likely N-dealkylation sites (tertiary alicyclic amines) is 1. The summed E-state index contributed by atoms with van der Waals surface area (Å²) in [6.07, 6.45) is 3.02. The highest BCUT2D eigenvalue weighted by Gasteiger charge is 2.19. The van der Waals surface area contributed by atoms with Crippen LogP contribution < -0.4 is 5.32 Å². The molecule has 1 aromatic rings. The topological polar surface area (TPSA) is 46.0 Å². The minimum absolute atomic E-state index is 0.608. The summed E-state index contributed by atoms with van der Waals surface area (Å²) in [4.78, 5) is 2.35. The molecular weight excluding hydrogens is 190 g/mol. The molecule has 1 atom stereocenters. The highest BCUT2D eigenvalue weighted by atomic mass is 15.3. The van der Waals surface area contributed by atoms with Crippen LogP contribution in [0.1, 0.15) is 19.2 Å². The van der Waals surface area contributed by atoms with Gasteiger partial charge in [-0.15, -0.1) is 10.2 Å². The summed E-state index contributed by atoms with van der Waals surface area (Å²) in [5.74, 6) is 1.03. The molecular formula is C10H19N5. The Bertz CT molecular complexity index is 309. The molecule has 0 aliphatic carbocycles. The zero-order valence-electron chi connectivity index (χ0n) is 9.48. The van der Waals surface area contributed by atoms with Gasteiger partial charge in [0, 0.05) is 19.1 Å². The van der Waals surface area contributed by atoms with E-state index in [1.54, 1.807) is 6.33 Å². The first kappa shape index (κ1) is 10.6. The van der Waals surface area contributed by atoms with E-state index in [1.165, 1.54) is 13.0 Å². The summed E-state index contributed by atoms with van der Waals surface area (Å²) in [7, 11) is 2.16. The molecule has 0 radical (unpaired) electrons. The van der Waals surface area contributed by atoms with Crippen molar-refractivity contribution in [2.45, 2.75) is 32.5 Å². The zero-order valence-corrected chi connectivity index (χ0v) is 9.48. The van der Waals surface area contributed by atoms with Crippen molar-refractivity contribution in [1.29, 1.82) is 0 Å². The zero-order chi connectivity index (χ0) is 10.7. The molecule has 0 saturated carbocycles. The lowest BCUT2D eigenvalue weighted by atomic mass is 10.2. The fourth-order valence-electron chi connectivity index (χ4n) is 2.02. The van der Waals surface area contributed by atoms with Crippen LogP contribution in [0.2, 0.25) is 0 Å². The Balaban J connectivity index is 1.83. The average molecular weight is 209 g/mol. The second-order valence-electron chi connectivity index (χ2n) is 4.16. The molecule has 84 valence electrons. The van der Waals surface area contributed by atoms with E-state index in [0.29, 0.717) is 6.04 Å². The van der Waals surface area contributed by atoms with Gasteiger partial charge >= 0.3 is 0 Å². The molecule has 2 heterocycles. The molecule has 0 spiro atoms. The fourth-order valence-corrected chi connectivity index (χ4v) is 2.02. The Morgan fingerprint density at radius 3 is 3.13 bits per heavy atom. The minimum Gasteiger partial charge on any atom is -0.317 e. The van der Waals surface area contributed by atoms with Gasteiger partial charge in [-0.25, -0.2) is 0 Å². The van der Waals surface area contributed by atoms with Crippen LogP contribution in [0.15, 0.2) is 6.33 Å². The van der Waals surface area contributed by atoms with Gasteiger partial charge in [0.2, 0.25) is 0 Å². The first-order chi connectivity index (χ1) is 7.29. The molecule has 0 bridgehead atoms. The van der Waals surface area contributed by atoms with Crippen LogP contribution in [0.25, 0.3) is 0 Å².